The van der Waals surface area contributed by atoms with Crippen LogP contribution in [0.2, 0.25) is 0 Å². The Kier molecular flexibility index (Phi) is 5.71. The zero-order valence-electron chi connectivity index (χ0n) is 7.78. The summed E-state index contributed by atoms with van der Waals surface area (Å²) in [5, 5.41) is 9.98. The van der Waals surface area contributed by atoms with Crippen LogP contribution in [0, 0.1) is 6.92 Å². The number of carbonyl (C=O) groups excluding carboxylic acids is 1. The summed E-state index contributed by atoms with van der Waals surface area (Å²) in [5.74, 6) is -0.245. The maximum atomic E-state index is 11.1. The molecule has 0 fully saturated rings. The summed E-state index contributed by atoms with van der Waals surface area (Å²) >= 11 is 0. The predicted molar refractivity (Wildman–Crippen MR) is 44.6 cm³/mol. The van der Waals surface area contributed by atoms with Crippen LogP contribution in [-0.2, 0) is 0 Å². The molecule has 1 aromatic carbocycles. The fourth-order valence-corrected chi connectivity index (χ4v) is 0.876. The van der Waals surface area contributed by atoms with Crippen LogP contribution in [0.25, 0.3) is 0 Å². The molecule has 0 N–H and O–H groups in total. The maximum Gasteiger partial charge on any atom is 1.00 e. The van der Waals surface area contributed by atoms with Gasteiger partial charge in [0.25, 0.3) is 0 Å². The summed E-state index contributed by atoms with van der Waals surface area (Å²) in [6.45, 7) is 1.94. The van der Waals surface area contributed by atoms with Crippen molar-refractivity contribution < 1.29 is 39.5 Å². The summed E-state index contributed by atoms with van der Waals surface area (Å²) in [7, 11) is 0. The first-order valence-corrected chi connectivity index (χ1v) is 3.63. The normalized spacial score (nSPS) is 9.62. The molecule has 0 aliphatic carbocycles. The molecule has 0 amide bonds. The fraction of sp³-hybridized carbons (Fsp3) is 0.100. The van der Waals surface area contributed by atoms with Crippen LogP contribution in [0.5, 0.6) is 0 Å². The van der Waals surface area contributed by atoms with Crippen LogP contribution in [-0.4, -0.2) is 5.78 Å². The van der Waals surface area contributed by atoms with Gasteiger partial charge >= 0.3 is 29.6 Å². The summed E-state index contributed by atoms with van der Waals surface area (Å²) in [6.07, 6.45) is 1.52. The van der Waals surface area contributed by atoms with Gasteiger partial charge in [-0.25, -0.2) is 0 Å². The molecular formula is C10H9NaO2. The second-order valence-corrected chi connectivity index (χ2v) is 2.53. The molecule has 1 rings (SSSR count). The average Bonchev–Trinajstić information content (AvgIpc) is 2.06. The minimum atomic E-state index is -0.245. The van der Waals surface area contributed by atoms with Crippen LogP contribution < -0.4 is 34.7 Å². The van der Waals surface area contributed by atoms with Crippen LogP contribution in [0.3, 0.4) is 0 Å². The van der Waals surface area contributed by atoms with Crippen molar-refractivity contribution in [1.82, 2.24) is 0 Å². The summed E-state index contributed by atoms with van der Waals surface area (Å²) in [4.78, 5) is 11.1. The molecule has 2 nitrogen and oxygen atoms in total. The third-order valence-corrected chi connectivity index (χ3v) is 1.56. The Balaban J connectivity index is 0.00000144. The van der Waals surface area contributed by atoms with E-state index in [1.807, 2.05) is 19.1 Å². The van der Waals surface area contributed by atoms with Gasteiger partial charge < -0.3 is 5.11 Å². The SMILES string of the molecule is Cc1ccc(C(=O)/C=C/[O-])cc1.[Na+]. The summed E-state index contributed by atoms with van der Waals surface area (Å²) < 4.78 is 0. The van der Waals surface area contributed by atoms with Gasteiger partial charge in [-0.15, -0.1) is 6.26 Å². The quantitative estimate of drug-likeness (QED) is 0.232. The van der Waals surface area contributed by atoms with Crippen molar-refractivity contribution in [3.05, 3.63) is 47.7 Å². The van der Waals surface area contributed by atoms with Gasteiger partial charge in [0.1, 0.15) is 0 Å². The number of hydrogen-bond donors (Lipinski definition) is 0. The van der Waals surface area contributed by atoms with Gasteiger partial charge in [-0.2, -0.15) is 0 Å². The molecular weight excluding hydrogens is 175 g/mol. The second-order valence-electron chi connectivity index (χ2n) is 2.53. The first kappa shape index (κ1) is 12.4. The van der Waals surface area contributed by atoms with E-state index in [1.165, 1.54) is 0 Å². The van der Waals surface area contributed by atoms with E-state index in [4.69, 9.17) is 0 Å². The zero-order valence-corrected chi connectivity index (χ0v) is 9.78. The topological polar surface area (TPSA) is 40.1 Å². The van der Waals surface area contributed by atoms with Crippen molar-refractivity contribution in [2.24, 2.45) is 0 Å². The molecule has 0 bridgehead atoms. The van der Waals surface area contributed by atoms with Crippen molar-refractivity contribution >= 4 is 5.78 Å². The number of aryl methyl sites for hydroxylation is 1. The van der Waals surface area contributed by atoms with Gasteiger partial charge in [0.15, 0.2) is 5.78 Å². The summed E-state index contributed by atoms with van der Waals surface area (Å²) in [6, 6.07) is 7.09. The van der Waals surface area contributed by atoms with Gasteiger partial charge in [0, 0.05) is 5.56 Å². The number of hydrogen-bond acceptors (Lipinski definition) is 2. The molecule has 0 spiro atoms. The second kappa shape index (κ2) is 5.97. The van der Waals surface area contributed by atoms with Gasteiger partial charge in [0.05, 0.1) is 0 Å². The standard InChI is InChI=1S/C10H10O2.Na/c1-8-2-4-9(5-3-8)10(12)6-7-11;/h2-7,11H,1H3;/q;+1/p-1/b7-6+;. The van der Waals surface area contributed by atoms with E-state index < -0.39 is 0 Å². The van der Waals surface area contributed by atoms with E-state index in [0.29, 0.717) is 11.8 Å². The first-order valence-electron chi connectivity index (χ1n) is 3.63. The molecule has 0 radical (unpaired) electrons. The van der Waals surface area contributed by atoms with E-state index >= 15 is 0 Å². The molecule has 0 aliphatic rings. The largest absolute Gasteiger partial charge is 1.00 e. The monoisotopic (exact) mass is 184 g/mol. The van der Waals surface area contributed by atoms with Crippen molar-refractivity contribution in [3.63, 3.8) is 0 Å². The number of carbonyl (C=O) groups is 1. The molecule has 0 unspecified atom stereocenters. The van der Waals surface area contributed by atoms with Crippen molar-refractivity contribution in [1.29, 1.82) is 0 Å². The molecule has 13 heavy (non-hydrogen) atoms. The number of rotatable bonds is 2. The Labute approximate surface area is 99.6 Å². The Morgan fingerprint density at radius 2 is 1.85 bits per heavy atom. The molecule has 0 saturated carbocycles. The number of benzene rings is 1. The van der Waals surface area contributed by atoms with Crippen molar-refractivity contribution in [2.45, 2.75) is 6.92 Å². The maximum absolute atomic E-state index is 11.1. The minimum Gasteiger partial charge on any atom is -0.878 e. The van der Waals surface area contributed by atoms with Crippen LogP contribution in [0.4, 0.5) is 0 Å². The molecule has 62 valence electrons. The first-order chi connectivity index (χ1) is 5.74. The van der Waals surface area contributed by atoms with Crippen molar-refractivity contribution in [2.75, 3.05) is 0 Å². The van der Waals surface area contributed by atoms with Crippen LogP contribution in [0.15, 0.2) is 36.6 Å². The summed E-state index contributed by atoms with van der Waals surface area (Å²) in [5.41, 5.74) is 1.64. The molecule has 0 aromatic heterocycles. The predicted octanol–water partition coefficient (Wildman–Crippen LogP) is -1.94. The molecule has 0 saturated heterocycles. The molecule has 0 atom stereocenters. The molecule has 3 heteroatoms. The Morgan fingerprint density at radius 1 is 1.31 bits per heavy atom. The fourth-order valence-electron chi connectivity index (χ4n) is 0.876. The van der Waals surface area contributed by atoms with E-state index in [1.54, 1.807) is 12.1 Å². The Bertz CT molecular complexity index is 301. The smallest absolute Gasteiger partial charge is 0.878 e. The molecule has 0 heterocycles. The van der Waals surface area contributed by atoms with E-state index in [-0.39, 0.29) is 35.3 Å². The van der Waals surface area contributed by atoms with Gasteiger partial charge in [-0.3, -0.25) is 4.79 Å². The zero-order chi connectivity index (χ0) is 8.97. The third kappa shape index (κ3) is 3.77. The molecule has 1 aromatic rings. The van der Waals surface area contributed by atoms with E-state index in [0.717, 1.165) is 11.6 Å². The Morgan fingerprint density at radius 3 is 2.31 bits per heavy atom. The van der Waals surface area contributed by atoms with Gasteiger partial charge in [-0.1, -0.05) is 29.8 Å². The third-order valence-electron chi connectivity index (χ3n) is 1.56. The van der Waals surface area contributed by atoms with E-state index in [2.05, 4.69) is 0 Å². The number of ketones is 1. The average molecular weight is 184 g/mol. The van der Waals surface area contributed by atoms with Crippen LogP contribution in [0.1, 0.15) is 15.9 Å². The van der Waals surface area contributed by atoms with Crippen molar-refractivity contribution in [3.8, 4) is 0 Å². The Hall–Kier alpha value is -0.570. The molecule has 0 aliphatic heterocycles. The minimum absolute atomic E-state index is 0. The van der Waals surface area contributed by atoms with Gasteiger partial charge in [0.2, 0.25) is 0 Å². The van der Waals surface area contributed by atoms with Gasteiger partial charge in [-0.05, 0) is 13.0 Å². The van der Waals surface area contributed by atoms with Crippen LogP contribution >= 0.6 is 0 Å². The van der Waals surface area contributed by atoms with E-state index in [9.17, 15) is 9.90 Å². The number of allylic oxidation sites excluding steroid dienone is 1.